The van der Waals surface area contributed by atoms with Crippen LogP contribution in [0.4, 0.5) is 5.69 Å². The molecular formula is C16H18ClNO3S. The van der Waals surface area contributed by atoms with Crippen LogP contribution >= 0.6 is 11.6 Å². The van der Waals surface area contributed by atoms with Gasteiger partial charge in [0.25, 0.3) is 10.0 Å². The highest BCUT2D eigenvalue weighted by atomic mass is 35.5. The van der Waals surface area contributed by atoms with Gasteiger partial charge in [0, 0.05) is 5.02 Å². The molecule has 0 unspecified atom stereocenters. The van der Waals surface area contributed by atoms with E-state index >= 15 is 0 Å². The van der Waals surface area contributed by atoms with E-state index in [9.17, 15) is 8.42 Å². The molecule has 0 fully saturated rings. The number of sulfonamides is 1. The molecular weight excluding hydrogens is 322 g/mol. The quantitative estimate of drug-likeness (QED) is 0.890. The molecule has 4 nitrogen and oxygen atoms in total. The molecule has 0 heterocycles. The van der Waals surface area contributed by atoms with Crippen molar-refractivity contribution in [3.8, 4) is 5.75 Å². The predicted octanol–water partition coefficient (Wildman–Crippen LogP) is 4.16. The molecule has 1 N–H and O–H groups in total. The Hall–Kier alpha value is -1.72. The summed E-state index contributed by atoms with van der Waals surface area (Å²) in [7, 11) is -3.79. The Bertz CT molecular complexity index is 788. The van der Waals surface area contributed by atoms with Crippen molar-refractivity contribution in [2.75, 3.05) is 11.3 Å². The maximum atomic E-state index is 12.7. The van der Waals surface area contributed by atoms with Crippen LogP contribution < -0.4 is 9.46 Å². The van der Waals surface area contributed by atoms with Crippen molar-refractivity contribution in [1.82, 2.24) is 0 Å². The fourth-order valence-corrected chi connectivity index (χ4v) is 3.54. The molecule has 6 heteroatoms. The highest BCUT2D eigenvalue weighted by molar-refractivity contribution is 7.92. The zero-order chi connectivity index (χ0) is 16.3. The Morgan fingerprint density at radius 1 is 1.14 bits per heavy atom. The molecule has 0 aliphatic rings. The van der Waals surface area contributed by atoms with E-state index in [1.807, 2.05) is 26.0 Å². The third kappa shape index (κ3) is 3.72. The minimum atomic E-state index is -3.79. The van der Waals surface area contributed by atoms with Gasteiger partial charge in [-0.3, -0.25) is 4.72 Å². The minimum Gasteiger partial charge on any atom is -0.492 e. The van der Waals surface area contributed by atoms with Crippen LogP contribution in [-0.2, 0) is 10.0 Å². The Morgan fingerprint density at radius 3 is 2.55 bits per heavy atom. The van der Waals surface area contributed by atoms with Gasteiger partial charge in [0.05, 0.1) is 12.3 Å². The summed E-state index contributed by atoms with van der Waals surface area (Å²) >= 11 is 5.93. The molecule has 0 aliphatic heterocycles. The van der Waals surface area contributed by atoms with Gasteiger partial charge in [-0.1, -0.05) is 23.7 Å². The van der Waals surface area contributed by atoms with Crippen molar-refractivity contribution in [3.05, 3.63) is 52.5 Å². The average Bonchev–Trinajstić information content (AvgIpc) is 2.45. The normalized spacial score (nSPS) is 11.3. The molecule has 0 bridgehead atoms. The second-order valence-corrected chi connectivity index (χ2v) is 7.04. The van der Waals surface area contributed by atoms with Crippen LogP contribution in [0, 0.1) is 13.8 Å². The van der Waals surface area contributed by atoms with Crippen LogP contribution in [0.5, 0.6) is 5.75 Å². The van der Waals surface area contributed by atoms with Gasteiger partial charge in [-0.15, -0.1) is 0 Å². The van der Waals surface area contributed by atoms with Gasteiger partial charge in [0.2, 0.25) is 0 Å². The van der Waals surface area contributed by atoms with E-state index in [-0.39, 0.29) is 10.6 Å². The highest BCUT2D eigenvalue weighted by Crippen LogP contribution is 2.30. The number of nitrogens with one attached hydrogen (secondary N) is 1. The summed E-state index contributed by atoms with van der Waals surface area (Å²) in [4.78, 5) is 0.0303. The number of rotatable bonds is 5. The first-order valence-electron chi connectivity index (χ1n) is 6.86. The first-order chi connectivity index (χ1) is 10.3. The fourth-order valence-electron chi connectivity index (χ4n) is 2.01. The number of benzene rings is 2. The van der Waals surface area contributed by atoms with Gasteiger partial charge < -0.3 is 4.74 Å². The number of ether oxygens (including phenoxy) is 1. The SMILES string of the molecule is CCOc1ccc(Cl)cc1S(=O)(=O)Nc1cc(C)ccc1C. The van der Waals surface area contributed by atoms with E-state index in [1.165, 1.54) is 6.07 Å². The van der Waals surface area contributed by atoms with E-state index in [1.54, 1.807) is 25.1 Å². The highest BCUT2D eigenvalue weighted by Gasteiger charge is 2.21. The molecule has 0 saturated carbocycles. The van der Waals surface area contributed by atoms with Crippen molar-refractivity contribution < 1.29 is 13.2 Å². The average molecular weight is 340 g/mol. The number of aryl methyl sites for hydroxylation is 2. The topological polar surface area (TPSA) is 55.4 Å². The lowest BCUT2D eigenvalue weighted by Gasteiger charge is -2.14. The second-order valence-electron chi connectivity index (χ2n) is 4.95. The molecule has 0 saturated heterocycles. The Kier molecular flexibility index (Phi) is 4.98. The molecule has 2 rings (SSSR count). The minimum absolute atomic E-state index is 0.0303. The number of anilines is 1. The molecule has 118 valence electrons. The van der Waals surface area contributed by atoms with Gasteiger partial charge in [0.1, 0.15) is 10.6 Å². The number of halogens is 1. The third-order valence-corrected chi connectivity index (χ3v) is 4.75. The standard InChI is InChI=1S/C16H18ClNO3S/c1-4-21-15-8-7-13(17)10-16(15)22(19,20)18-14-9-11(2)5-6-12(14)3/h5-10,18H,4H2,1-3H3. The largest absolute Gasteiger partial charge is 0.492 e. The monoisotopic (exact) mass is 339 g/mol. The van der Waals surface area contributed by atoms with Crippen LogP contribution in [0.3, 0.4) is 0 Å². The van der Waals surface area contributed by atoms with Crippen LogP contribution in [0.15, 0.2) is 41.3 Å². The van der Waals surface area contributed by atoms with Crippen molar-refractivity contribution in [2.24, 2.45) is 0 Å². The van der Waals surface area contributed by atoms with Crippen LogP contribution in [0.1, 0.15) is 18.1 Å². The lowest BCUT2D eigenvalue weighted by molar-refractivity contribution is 0.331. The zero-order valence-electron chi connectivity index (χ0n) is 12.7. The van der Waals surface area contributed by atoms with Gasteiger partial charge in [-0.25, -0.2) is 8.42 Å². The smallest absolute Gasteiger partial charge is 0.265 e. The van der Waals surface area contributed by atoms with Gasteiger partial charge in [0.15, 0.2) is 0 Å². The molecule has 22 heavy (non-hydrogen) atoms. The van der Waals surface area contributed by atoms with Crippen molar-refractivity contribution in [3.63, 3.8) is 0 Å². The van der Waals surface area contributed by atoms with Gasteiger partial charge >= 0.3 is 0 Å². The second kappa shape index (κ2) is 6.58. The molecule has 2 aromatic rings. The molecule has 2 aromatic carbocycles. The number of hydrogen-bond acceptors (Lipinski definition) is 3. The summed E-state index contributed by atoms with van der Waals surface area (Å²) < 4.78 is 33.3. The van der Waals surface area contributed by atoms with Crippen molar-refractivity contribution in [2.45, 2.75) is 25.7 Å². The summed E-state index contributed by atoms with van der Waals surface area (Å²) in [5.41, 5.74) is 2.36. The Balaban J connectivity index is 2.46. The van der Waals surface area contributed by atoms with Crippen LogP contribution in [0.25, 0.3) is 0 Å². The maximum absolute atomic E-state index is 12.7. The summed E-state index contributed by atoms with van der Waals surface area (Å²) in [6.45, 7) is 5.91. The molecule has 0 amide bonds. The van der Waals surface area contributed by atoms with E-state index in [4.69, 9.17) is 16.3 Å². The molecule has 0 aromatic heterocycles. The summed E-state index contributed by atoms with van der Waals surface area (Å²) in [6, 6.07) is 10.1. The van der Waals surface area contributed by atoms with Gasteiger partial charge in [-0.2, -0.15) is 0 Å². The van der Waals surface area contributed by atoms with Crippen LogP contribution in [0.2, 0.25) is 5.02 Å². The fraction of sp³-hybridized carbons (Fsp3) is 0.250. The lowest BCUT2D eigenvalue weighted by Crippen LogP contribution is -2.15. The Labute approximate surface area is 136 Å². The summed E-state index contributed by atoms with van der Waals surface area (Å²) in [6.07, 6.45) is 0. The van der Waals surface area contributed by atoms with Crippen LogP contribution in [-0.4, -0.2) is 15.0 Å². The Morgan fingerprint density at radius 2 is 1.86 bits per heavy atom. The molecule has 0 spiro atoms. The maximum Gasteiger partial charge on any atom is 0.265 e. The lowest BCUT2D eigenvalue weighted by atomic mass is 10.1. The van der Waals surface area contributed by atoms with E-state index < -0.39 is 10.0 Å². The zero-order valence-corrected chi connectivity index (χ0v) is 14.3. The molecule has 0 atom stereocenters. The number of hydrogen-bond donors (Lipinski definition) is 1. The first kappa shape index (κ1) is 16.6. The van der Waals surface area contributed by atoms with Crippen molar-refractivity contribution in [1.29, 1.82) is 0 Å². The van der Waals surface area contributed by atoms with E-state index in [0.717, 1.165) is 11.1 Å². The predicted molar refractivity (Wildman–Crippen MR) is 89.3 cm³/mol. The summed E-state index contributed by atoms with van der Waals surface area (Å²) in [5, 5.41) is 0.338. The molecule has 0 aliphatic carbocycles. The van der Waals surface area contributed by atoms with Gasteiger partial charge in [-0.05, 0) is 56.2 Å². The van der Waals surface area contributed by atoms with E-state index in [2.05, 4.69) is 4.72 Å². The summed E-state index contributed by atoms with van der Waals surface area (Å²) in [5.74, 6) is 0.282. The van der Waals surface area contributed by atoms with Crippen molar-refractivity contribution >= 4 is 27.3 Å². The van der Waals surface area contributed by atoms with E-state index in [0.29, 0.717) is 17.3 Å². The first-order valence-corrected chi connectivity index (χ1v) is 8.72. The molecule has 0 radical (unpaired) electrons. The third-order valence-electron chi connectivity index (χ3n) is 3.13.